The number of carboxylic acid groups (broad SMARTS) is 1. The number of guanidine groups is 1. The highest BCUT2D eigenvalue weighted by Crippen LogP contribution is 2.35. The van der Waals surface area contributed by atoms with Crippen LogP contribution in [0.2, 0.25) is 10.0 Å². The number of halogens is 2. The fourth-order valence-electron chi connectivity index (χ4n) is 5.07. The Morgan fingerprint density at radius 1 is 1.17 bits per heavy atom. The number of hydrogen-bond acceptors (Lipinski definition) is 7. The molecule has 11 nitrogen and oxygen atoms in total. The average molecular weight is 620 g/mol. The summed E-state index contributed by atoms with van der Waals surface area (Å²) in [7, 11) is 0. The van der Waals surface area contributed by atoms with Gasteiger partial charge in [0.2, 0.25) is 5.96 Å². The van der Waals surface area contributed by atoms with Gasteiger partial charge in [-0.15, -0.1) is 16.4 Å². The van der Waals surface area contributed by atoms with Crippen LogP contribution in [0.1, 0.15) is 37.6 Å². The zero-order chi connectivity index (χ0) is 29.3. The largest absolute Gasteiger partial charge is 0.480 e. The second-order valence-electron chi connectivity index (χ2n) is 9.90. The van der Waals surface area contributed by atoms with Gasteiger partial charge < -0.3 is 36.5 Å². The molecule has 216 valence electrons. The quantitative estimate of drug-likeness (QED) is 0.122. The molecule has 41 heavy (non-hydrogen) atoms. The smallest absolute Gasteiger partial charge is 0.328 e. The first-order valence-electron chi connectivity index (χ1n) is 12.9. The van der Waals surface area contributed by atoms with Crippen molar-refractivity contribution in [2.24, 2.45) is 10.9 Å². The van der Waals surface area contributed by atoms with Crippen LogP contribution < -0.4 is 16.5 Å². The predicted molar refractivity (Wildman–Crippen MR) is 157 cm³/mol. The summed E-state index contributed by atoms with van der Waals surface area (Å²) >= 11 is 14.6. The van der Waals surface area contributed by atoms with Gasteiger partial charge in [-0.2, -0.15) is 0 Å². The van der Waals surface area contributed by atoms with E-state index in [1.54, 1.807) is 15.9 Å². The molecule has 2 amide bonds. The van der Waals surface area contributed by atoms with E-state index < -0.39 is 24.0 Å². The Kier molecular flexibility index (Phi) is 8.55. The number of carbonyl (C=O) groups is 3. The van der Waals surface area contributed by atoms with Crippen LogP contribution in [0, 0.1) is 0 Å². The lowest BCUT2D eigenvalue weighted by molar-refractivity contribution is -0.139. The highest BCUT2D eigenvalue weighted by molar-refractivity contribution is 7.20. The van der Waals surface area contributed by atoms with Crippen molar-refractivity contribution in [1.29, 1.82) is 0 Å². The molecule has 2 aliphatic heterocycles. The number of amides is 2. The highest BCUT2D eigenvalue weighted by atomic mass is 35.5. The van der Waals surface area contributed by atoms with Gasteiger partial charge in [0.15, 0.2) is 0 Å². The van der Waals surface area contributed by atoms with Crippen molar-refractivity contribution in [2.45, 2.75) is 31.5 Å². The number of nitrogens with zero attached hydrogens (tertiary/aromatic N) is 3. The first-order chi connectivity index (χ1) is 19.7. The van der Waals surface area contributed by atoms with E-state index >= 15 is 0 Å². The van der Waals surface area contributed by atoms with Gasteiger partial charge in [0.25, 0.3) is 11.8 Å². The number of nitrogens with two attached hydrogens (primary N) is 1. The molecular weight excluding hydrogens is 591 g/mol. The van der Waals surface area contributed by atoms with E-state index in [0.717, 1.165) is 15.6 Å². The minimum atomic E-state index is -1.36. The lowest BCUT2D eigenvalue weighted by Crippen LogP contribution is -2.51. The molecule has 0 bridgehead atoms. The third-order valence-electron chi connectivity index (χ3n) is 7.21. The number of nitrogens with one attached hydrogen (secondary N) is 2. The fraction of sp³-hybridized carbons (Fsp3) is 0.333. The normalized spacial score (nSPS) is 17.8. The number of hydrazone groups is 1. The average Bonchev–Trinajstić information content (AvgIpc) is 3.58. The van der Waals surface area contributed by atoms with Crippen LogP contribution in [0.3, 0.4) is 0 Å². The Bertz CT molecular complexity index is 1510. The van der Waals surface area contributed by atoms with Crippen molar-refractivity contribution in [3.8, 4) is 0 Å². The molecule has 0 aliphatic carbocycles. The molecule has 0 spiro atoms. The SMILES string of the molecule is N/N=C(\NC[C@H](NC(=O)c1c(Cl)cc2c(c1Cl)CCN(C(=O)c1cc3ccccc3s1)C2)C(=O)O)N1CC[C@H](O)C1. The molecule has 2 aromatic carbocycles. The maximum atomic E-state index is 13.3. The van der Waals surface area contributed by atoms with Gasteiger partial charge in [0.05, 0.1) is 26.6 Å². The molecule has 3 heterocycles. The number of aliphatic carboxylic acids is 1. The maximum absolute atomic E-state index is 13.3. The number of aliphatic hydroxyl groups is 1. The second kappa shape index (κ2) is 12.1. The number of carbonyl (C=O) groups excluding carboxylic acids is 2. The van der Waals surface area contributed by atoms with E-state index in [-0.39, 0.29) is 40.6 Å². The number of aliphatic hydroxyl groups excluding tert-OH is 1. The number of carboxylic acids is 1. The van der Waals surface area contributed by atoms with Crippen molar-refractivity contribution in [3.05, 3.63) is 68.0 Å². The van der Waals surface area contributed by atoms with Crippen molar-refractivity contribution < 1.29 is 24.6 Å². The van der Waals surface area contributed by atoms with E-state index in [4.69, 9.17) is 29.0 Å². The molecule has 1 saturated heterocycles. The number of hydrogen-bond donors (Lipinski definition) is 5. The molecule has 0 unspecified atom stereocenters. The number of benzene rings is 2. The van der Waals surface area contributed by atoms with Crippen molar-refractivity contribution in [3.63, 3.8) is 0 Å². The first kappa shape index (κ1) is 28.9. The third kappa shape index (κ3) is 6.05. The van der Waals surface area contributed by atoms with Gasteiger partial charge in [-0.3, -0.25) is 9.59 Å². The molecule has 2 aliphatic rings. The van der Waals surface area contributed by atoms with Crippen LogP contribution in [0.5, 0.6) is 0 Å². The molecule has 1 fully saturated rings. The van der Waals surface area contributed by atoms with Crippen LogP contribution in [-0.4, -0.2) is 82.1 Å². The highest BCUT2D eigenvalue weighted by Gasteiger charge is 2.31. The molecule has 5 rings (SSSR count). The lowest BCUT2D eigenvalue weighted by Gasteiger charge is -2.30. The number of thiophene rings is 1. The number of fused-ring (bicyclic) bond motifs is 2. The summed E-state index contributed by atoms with van der Waals surface area (Å²) in [6.07, 6.45) is 0.411. The maximum Gasteiger partial charge on any atom is 0.328 e. The molecule has 0 radical (unpaired) electrons. The summed E-state index contributed by atoms with van der Waals surface area (Å²) in [5.74, 6) is 3.53. The summed E-state index contributed by atoms with van der Waals surface area (Å²) in [5.41, 5.74) is 1.39. The Morgan fingerprint density at radius 2 is 1.95 bits per heavy atom. The van der Waals surface area contributed by atoms with Crippen molar-refractivity contribution >= 4 is 68.4 Å². The predicted octanol–water partition coefficient (Wildman–Crippen LogP) is 2.48. The zero-order valence-electron chi connectivity index (χ0n) is 21.8. The Labute approximate surface area is 249 Å². The monoisotopic (exact) mass is 618 g/mol. The minimum absolute atomic E-state index is 0.0296. The van der Waals surface area contributed by atoms with Gasteiger partial charge in [-0.25, -0.2) is 4.79 Å². The second-order valence-corrected chi connectivity index (χ2v) is 11.8. The summed E-state index contributed by atoms with van der Waals surface area (Å²) in [4.78, 5) is 42.5. The van der Waals surface area contributed by atoms with Crippen LogP contribution in [0.4, 0.5) is 0 Å². The van der Waals surface area contributed by atoms with E-state index in [1.807, 2.05) is 30.3 Å². The minimum Gasteiger partial charge on any atom is -0.480 e. The van der Waals surface area contributed by atoms with Crippen LogP contribution in [0.15, 0.2) is 41.5 Å². The third-order valence-corrected chi connectivity index (χ3v) is 9.03. The molecule has 14 heteroatoms. The Morgan fingerprint density at radius 3 is 2.63 bits per heavy atom. The van der Waals surface area contributed by atoms with Gasteiger partial charge in [-0.1, -0.05) is 41.4 Å². The van der Waals surface area contributed by atoms with Gasteiger partial charge in [-0.05, 0) is 47.6 Å². The molecule has 3 aromatic rings. The van der Waals surface area contributed by atoms with Gasteiger partial charge >= 0.3 is 5.97 Å². The number of likely N-dealkylation sites (tertiary alicyclic amines) is 1. The molecular formula is C27H28Cl2N6O5S. The fourth-order valence-corrected chi connectivity index (χ4v) is 6.87. The zero-order valence-corrected chi connectivity index (χ0v) is 24.1. The molecule has 6 N–H and O–H groups in total. The van der Waals surface area contributed by atoms with E-state index in [2.05, 4.69) is 15.7 Å². The van der Waals surface area contributed by atoms with Gasteiger partial charge in [0.1, 0.15) is 6.04 Å². The van der Waals surface area contributed by atoms with Crippen LogP contribution in [0.25, 0.3) is 10.1 Å². The van der Waals surface area contributed by atoms with E-state index in [9.17, 15) is 24.6 Å². The lowest BCUT2D eigenvalue weighted by atomic mass is 9.96. The number of β-amino-alcohol motifs (C(OH)–C–C–N with tert-alkyl or cyclic N) is 1. The summed E-state index contributed by atoms with van der Waals surface area (Å²) < 4.78 is 1.03. The van der Waals surface area contributed by atoms with Crippen molar-refractivity contribution in [1.82, 2.24) is 20.4 Å². The summed E-state index contributed by atoms with van der Waals surface area (Å²) in [5, 5.41) is 29.6. The Hall–Kier alpha value is -3.58. The Balaban J connectivity index is 1.28. The van der Waals surface area contributed by atoms with E-state index in [0.29, 0.717) is 42.9 Å². The van der Waals surface area contributed by atoms with E-state index in [1.165, 1.54) is 11.3 Å². The van der Waals surface area contributed by atoms with Gasteiger partial charge in [0, 0.05) is 37.4 Å². The van der Waals surface area contributed by atoms with Crippen LogP contribution in [-0.2, 0) is 17.8 Å². The van der Waals surface area contributed by atoms with Crippen LogP contribution >= 0.6 is 34.5 Å². The summed E-state index contributed by atoms with van der Waals surface area (Å²) in [6.45, 7) is 1.26. The molecule has 1 aromatic heterocycles. The summed E-state index contributed by atoms with van der Waals surface area (Å²) in [6, 6.07) is 9.94. The molecule has 0 saturated carbocycles. The number of rotatable bonds is 6. The first-order valence-corrected chi connectivity index (χ1v) is 14.5. The topological polar surface area (TPSA) is 161 Å². The molecule has 2 atom stereocenters. The standard InChI is InChI=1S/C27H28Cl2N6O5S/c28-18-9-15-12-34(25(38)21-10-14-3-1-2-4-20(14)41-21)8-6-17(15)23(29)22(18)24(37)32-19(26(39)40)11-31-27(33-30)35-7-5-16(36)13-35/h1-4,9-10,16,19,36H,5-8,11-13,30H2,(H,31,33)(H,32,37)(H,39,40)/t16-,19-/m0/s1. The van der Waals surface area contributed by atoms with Crippen molar-refractivity contribution in [2.75, 3.05) is 26.2 Å².